The molecule has 0 aliphatic carbocycles. The Bertz CT molecular complexity index is 604. The number of hydrogen-bond acceptors (Lipinski definition) is 5. The smallest absolute Gasteiger partial charge is 0.264 e. The molecule has 0 atom stereocenters. The van der Waals surface area contributed by atoms with Crippen LogP contribution in [0.1, 0.15) is 12.8 Å². The molecule has 2 rings (SSSR count). The van der Waals surface area contributed by atoms with Crippen molar-refractivity contribution in [2.24, 2.45) is 7.05 Å². The van der Waals surface area contributed by atoms with Crippen molar-refractivity contribution in [2.45, 2.75) is 19.4 Å². The third-order valence-corrected chi connectivity index (χ3v) is 3.20. The molecule has 20 heavy (non-hydrogen) atoms. The lowest BCUT2D eigenvalue weighted by molar-refractivity contribution is 0.199. The fraction of sp³-hybridized carbons (Fsp3) is 0.615. The van der Waals surface area contributed by atoms with Gasteiger partial charge in [-0.2, -0.15) is 5.10 Å². The largest absolute Gasteiger partial charge is 0.383 e. The number of nitrogens with zero attached hydrogens (tertiary/aromatic N) is 4. The normalized spacial score (nSPS) is 11.3. The Morgan fingerprint density at radius 2 is 2.20 bits per heavy atom. The maximum absolute atomic E-state index is 12.2. The average Bonchev–Trinajstić information content (AvgIpc) is 2.82. The average molecular weight is 279 g/mol. The van der Waals surface area contributed by atoms with Crippen molar-refractivity contribution < 1.29 is 4.74 Å². The first-order valence-corrected chi connectivity index (χ1v) is 6.81. The van der Waals surface area contributed by atoms with Gasteiger partial charge in [-0.15, -0.1) is 0 Å². The van der Waals surface area contributed by atoms with E-state index in [9.17, 15) is 4.79 Å². The van der Waals surface area contributed by atoms with Crippen LogP contribution >= 0.6 is 0 Å². The molecule has 7 heteroatoms. The highest BCUT2D eigenvalue weighted by atomic mass is 16.5. The van der Waals surface area contributed by atoms with Gasteiger partial charge in [-0.1, -0.05) is 0 Å². The van der Waals surface area contributed by atoms with E-state index in [0.717, 1.165) is 32.5 Å². The van der Waals surface area contributed by atoms with Crippen molar-refractivity contribution >= 4 is 11.0 Å². The van der Waals surface area contributed by atoms with E-state index in [-0.39, 0.29) is 5.56 Å². The van der Waals surface area contributed by atoms with Crippen LogP contribution in [0.2, 0.25) is 0 Å². The first-order chi connectivity index (χ1) is 9.74. The molecule has 110 valence electrons. The van der Waals surface area contributed by atoms with Crippen LogP contribution in [0.4, 0.5) is 0 Å². The van der Waals surface area contributed by atoms with E-state index >= 15 is 0 Å². The first-order valence-electron chi connectivity index (χ1n) is 6.81. The highest BCUT2D eigenvalue weighted by Crippen LogP contribution is 2.03. The monoisotopic (exact) mass is 279 g/mol. The van der Waals surface area contributed by atoms with Gasteiger partial charge in [-0.3, -0.25) is 14.0 Å². The minimum atomic E-state index is -0.0181. The van der Waals surface area contributed by atoms with E-state index in [2.05, 4.69) is 15.4 Å². The van der Waals surface area contributed by atoms with Crippen molar-refractivity contribution in [2.75, 3.05) is 26.8 Å². The summed E-state index contributed by atoms with van der Waals surface area (Å²) in [6.45, 7) is 3.20. The molecule has 0 amide bonds. The highest BCUT2D eigenvalue weighted by Gasteiger charge is 2.07. The molecule has 0 unspecified atom stereocenters. The fourth-order valence-electron chi connectivity index (χ4n) is 2.06. The quantitative estimate of drug-likeness (QED) is 0.696. The lowest BCUT2D eigenvalue weighted by atomic mass is 10.3. The van der Waals surface area contributed by atoms with Crippen LogP contribution in [-0.2, 0) is 18.3 Å². The topological polar surface area (TPSA) is 74.0 Å². The molecule has 2 aromatic rings. The molecule has 0 saturated heterocycles. The second-order valence-electron chi connectivity index (χ2n) is 4.70. The van der Waals surface area contributed by atoms with Crippen molar-refractivity contribution in [3.63, 3.8) is 0 Å². The van der Waals surface area contributed by atoms with E-state index in [1.807, 2.05) is 0 Å². The standard InChI is InChI=1S/C13H21N5O2/c1-17-12-11(9-16-17)13(19)18(10-15-12)7-4-3-5-14-6-8-20-2/h9-10,14H,3-8H2,1-2H3. The zero-order chi connectivity index (χ0) is 14.4. The van der Waals surface area contributed by atoms with Crippen LogP contribution < -0.4 is 10.9 Å². The molecule has 1 N–H and O–H groups in total. The van der Waals surface area contributed by atoms with Crippen LogP contribution in [-0.4, -0.2) is 46.1 Å². The molecule has 2 heterocycles. The SMILES string of the molecule is COCCNCCCCn1cnc2c(cnn2C)c1=O. The summed E-state index contributed by atoms with van der Waals surface area (Å²) in [5, 5.41) is 7.91. The molecule has 0 aromatic carbocycles. The molecular formula is C13H21N5O2. The summed E-state index contributed by atoms with van der Waals surface area (Å²) >= 11 is 0. The van der Waals surface area contributed by atoms with Crippen molar-refractivity contribution in [1.82, 2.24) is 24.6 Å². The van der Waals surface area contributed by atoms with E-state index in [1.54, 1.807) is 35.9 Å². The molecule has 0 radical (unpaired) electrons. The number of aryl methyl sites for hydroxylation is 2. The number of unbranched alkanes of at least 4 members (excludes halogenated alkanes) is 1. The van der Waals surface area contributed by atoms with Gasteiger partial charge >= 0.3 is 0 Å². The lowest BCUT2D eigenvalue weighted by Gasteiger charge is -2.06. The fourth-order valence-corrected chi connectivity index (χ4v) is 2.06. The van der Waals surface area contributed by atoms with Crippen LogP contribution in [0.15, 0.2) is 17.3 Å². The number of hydrogen-bond donors (Lipinski definition) is 1. The van der Waals surface area contributed by atoms with E-state index < -0.39 is 0 Å². The van der Waals surface area contributed by atoms with Gasteiger partial charge in [-0.25, -0.2) is 4.98 Å². The van der Waals surface area contributed by atoms with E-state index in [1.165, 1.54) is 0 Å². The van der Waals surface area contributed by atoms with Crippen molar-refractivity contribution in [3.8, 4) is 0 Å². The Kier molecular flexibility index (Phi) is 5.25. The molecule has 2 aromatic heterocycles. The molecule has 0 spiro atoms. The Hall–Kier alpha value is -1.73. The van der Waals surface area contributed by atoms with Gasteiger partial charge in [0.2, 0.25) is 0 Å². The van der Waals surface area contributed by atoms with Crippen LogP contribution in [0, 0.1) is 0 Å². The second kappa shape index (κ2) is 7.16. The predicted molar refractivity (Wildman–Crippen MR) is 76.7 cm³/mol. The Morgan fingerprint density at radius 3 is 3.00 bits per heavy atom. The second-order valence-corrected chi connectivity index (χ2v) is 4.70. The van der Waals surface area contributed by atoms with Gasteiger partial charge in [0.05, 0.1) is 19.1 Å². The number of rotatable bonds is 8. The third-order valence-electron chi connectivity index (χ3n) is 3.20. The minimum absolute atomic E-state index is 0.0181. The molecule has 7 nitrogen and oxygen atoms in total. The third kappa shape index (κ3) is 3.43. The molecule has 0 fully saturated rings. The molecule has 0 aliphatic rings. The number of nitrogens with one attached hydrogen (secondary N) is 1. The van der Waals surface area contributed by atoms with Crippen molar-refractivity contribution in [3.05, 3.63) is 22.9 Å². The zero-order valence-electron chi connectivity index (χ0n) is 12.0. The van der Waals surface area contributed by atoms with Crippen molar-refractivity contribution in [1.29, 1.82) is 0 Å². The molecule has 0 aliphatic heterocycles. The zero-order valence-corrected chi connectivity index (χ0v) is 12.0. The van der Waals surface area contributed by atoms with Gasteiger partial charge in [0, 0.05) is 27.2 Å². The summed E-state index contributed by atoms with van der Waals surface area (Å²) in [4.78, 5) is 16.5. The van der Waals surface area contributed by atoms with E-state index in [4.69, 9.17) is 4.74 Å². The van der Waals surface area contributed by atoms with Crippen LogP contribution in [0.3, 0.4) is 0 Å². The van der Waals surface area contributed by atoms with Gasteiger partial charge in [-0.05, 0) is 19.4 Å². The lowest BCUT2D eigenvalue weighted by Crippen LogP contribution is -2.23. The van der Waals surface area contributed by atoms with Crippen LogP contribution in [0.25, 0.3) is 11.0 Å². The summed E-state index contributed by atoms with van der Waals surface area (Å²) in [7, 11) is 3.47. The van der Waals surface area contributed by atoms with Crippen LogP contribution in [0.5, 0.6) is 0 Å². The maximum Gasteiger partial charge on any atom is 0.264 e. The summed E-state index contributed by atoms with van der Waals surface area (Å²) in [6.07, 6.45) is 5.13. The molecule has 0 bridgehead atoms. The molecule has 0 saturated carbocycles. The number of fused-ring (bicyclic) bond motifs is 1. The Balaban J connectivity index is 1.84. The summed E-state index contributed by atoms with van der Waals surface area (Å²) in [5.41, 5.74) is 0.614. The number of methoxy groups -OCH3 is 1. The molecular weight excluding hydrogens is 258 g/mol. The van der Waals surface area contributed by atoms with E-state index in [0.29, 0.717) is 17.6 Å². The maximum atomic E-state index is 12.2. The Morgan fingerprint density at radius 1 is 1.35 bits per heavy atom. The minimum Gasteiger partial charge on any atom is -0.383 e. The summed E-state index contributed by atoms with van der Waals surface area (Å²) in [5.74, 6) is 0. The summed E-state index contributed by atoms with van der Waals surface area (Å²) < 4.78 is 8.22. The number of aromatic nitrogens is 4. The summed E-state index contributed by atoms with van der Waals surface area (Å²) in [6, 6.07) is 0. The van der Waals surface area contributed by atoms with Gasteiger partial charge in [0.1, 0.15) is 5.39 Å². The first kappa shape index (κ1) is 14.7. The number of ether oxygens (including phenoxy) is 1. The Labute approximate surface area is 117 Å². The predicted octanol–water partition coefficient (Wildman–Crippen LogP) is 0.146. The van der Waals surface area contributed by atoms with Gasteiger partial charge in [0.25, 0.3) is 5.56 Å². The van der Waals surface area contributed by atoms with Gasteiger partial charge in [0.15, 0.2) is 5.65 Å². The van der Waals surface area contributed by atoms with Gasteiger partial charge < -0.3 is 10.1 Å². The highest BCUT2D eigenvalue weighted by molar-refractivity contribution is 5.72.